The first-order chi connectivity index (χ1) is 9.39. The van der Waals surface area contributed by atoms with Crippen LogP contribution in [0, 0.1) is 6.92 Å². The van der Waals surface area contributed by atoms with Crippen molar-refractivity contribution in [2.45, 2.75) is 19.6 Å². The number of rotatable bonds is 3. The maximum atomic E-state index is 12.9. The molecule has 0 saturated heterocycles. The smallest absolute Gasteiger partial charge is 0.398 e. The van der Waals surface area contributed by atoms with Crippen molar-refractivity contribution < 1.29 is 13.2 Å². The van der Waals surface area contributed by atoms with Gasteiger partial charge in [0.2, 0.25) is 0 Å². The number of anilines is 2. The Morgan fingerprint density at radius 2 is 1.75 bits per heavy atom. The van der Waals surface area contributed by atoms with Crippen molar-refractivity contribution in [1.82, 2.24) is 0 Å². The molecular weight excluding hydrogens is 265 g/mol. The standard InChI is InChI=1S/C15H15F3N2/c1-10-13(19)7-4-8-14(10)20-9-11-5-2-3-6-12(11)15(16,17)18/h2-8,20H,9,19H2,1H3. The van der Waals surface area contributed by atoms with E-state index in [0.717, 1.165) is 17.3 Å². The number of hydrogen-bond donors (Lipinski definition) is 2. The zero-order chi connectivity index (χ0) is 14.8. The van der Waals surface area contributed by atoms with Gasteiger partial charge in [-0.2, -0.15) is 13.2 Å². The summed E-state index contributed by atoms with van der Waals surface area (Å²) >= 11 is 0. The molecule has 2 rings (SSSR count). The van der Waals surface area contributed by atoms with Gasteiger partial charge in [0.1, 0.15) is 0 Å². The third kappa shape index (κ3) is 3.04. The Morgan fingerprint density at radius 3 is 2.45 bits per heavy atom. The Labute approximate surface area is 115 Å². The summed E-state index contributed by atoms with van der Waals surface area (Å²) < 4.78 is 38.6. The zero-order valence-electron chi connectivity index (χ0n) is 11.0. The van der Waals surface area contributed by atoms with E-state index < -0.39 is 11.7 Å². The number of nitrogen functional groups attached to an aromatic ring is 1. The van der Waals surface area contributed by atoms with Gasteiger partial charge in [-0.25, -0.2) is 0 Å². The zero-order valence-corrected chi connectivity index (χ0v) is 11.0. The Kier molecular flexibility index (Phi) is 3.88. The summed E-state index contributed by atoms with van der Waals surface area (Å²) in [7, 11) is 0. The molecule has 20 heavy (non-hydrogen) atoms. The first kappa shape index (κ1) is 14.2. The molecule has 106 valence electrons. The molecule has 0 heterocycles. The number of halogens is 3. The molecule has 3 N–H and O–H groups in total. The van der Waals surface area contributed by atoms with E-state index in [1.807, 2.05) is 6.92 Å². The monoisotopic (exact) mass is 280 g/mol. The lowest BCUT2D eigenvalue weighted by atomic mass is 10.1. The minimum absolute atomic E-state index is 0.0972. The van der Waals surface area contributed by atoms with E-state index >= 15 is 0 Å². The quantitative estimate of drug-likeness (QED) is 0.827. The predicted molar refractivity (Wildman–Crippen MR) is 74.4 cm³/mol. The molecule has 0 aliphatic heterocycles. The second-order valence-electron chi connectivity index (χ2n) is 4.53. The van der Waals surface area contributed by atoms with Crippen molar-refractivity contribution in [2.24, 2.45) is 0 Å². The summed E-state index contributed by atoms with van der Waals surface area (Å²) in [6, 6.07) is 10.9. The Balaban J connectivity index is 2.22. The lowest BCUT2D eigenvalue weighted by Crippen LogP contribution is -2.12. The molecule has 0 amide bonds. The van der Waals surface area contributed by atoms with E-state index in [9.17, 15) is 13.2 Å². The van der Waals surface area contributed by atoms with Gasteiger partial charge in [-0.3, -0.25) is 0 Å². The van der Waals surface area contributed by atoms with Crippen molar-refractivity contribution in [3.05, 3.63) is 59.2 Å². The first-order valence-corrected chi connectivity index (χ1v) is 6.13. The van der Waals surface area contributed by atoms with Crippen LogP contribution in [0.4, 0.5) is 24.5 Å². The predicted octanol–water partition coefficient (Wildman–Crippen LogP) is 4.21. The highest BCUT2D eigenvalue weighted by Crippen LogP contribution is 2.32. The van der Waals surface area contributed by atoms with Crippen molar-refractivity contribution in [3.8, 4) is 0 Å². The molecule has 2 aromatic rings. The van der Waals surface area contributed by atoms with Gasteiger partial charge in [-0.1, -0.05) is 24.3 Å². The third-order valence-corrected chi connectivity index (χ3v) is 3.17. The highest BCUT2D eigenvalue weighted by Gasteiger charge is 2.32. The van der Waals surface area contributed by atoms with Crippen molar-refractivity contribution in [2.75, 3.05) is 11.1 Å². The van der Waals surface area contributed by atoms with Crippen LogP contribution in [-0.2, 0) is 12.7 Å². The molecule has 0 spiro atoms. The van der Waals surface area contributed by atoms with E-state index in [2.05, 4.69) is 5.32 Å². The van der Waals surface area contributed by atoms with Crippen LogP contribution >= 0.6 is 0 Å². The summed E-state index contributed by atoms with van der Waals surface area (Å²) in [5.74, 6) is 0. The maximum absolute atomic E-state index is 12.9. The molecule has 5 heteroatoms. The van der Waals surface area contributed by atoms with Gasteiger partial charge in [-0.15, -0.1) is 0 Å². The Morgan fingerprint density at radius 1 is 1.05 bits per heavy atom. The van der Waals surface area contributed by atoms with Crippen molar-refractivity contribution in [1.29, 1.82) is 0 Å². The second-order valence-corrected chi connectivity index (χ2v) is 4.53. The number of nitrogens with two attached hydrogens (primary N) is 1. The van der Waals surface area contributed by atoms with Crippen molar-refractivity contribution in [3.63, 3.8) is 0 Å². The van der Waals surface area contributed by atoms with Crippen LogP contribution in [0.1, 0.15) is 16.7 Å². The molecule has 0 aliphatic rings. The summed E-state index contributed by atoms with van der Waals surface area (Å²) in [5.41, 5.74) is 7.54. The minimum atomic E-state index is -4.34. The molecule has 2 nitrogen and oxygen atoms in total. The molecule has 0 bridgehead atoms. The molecule has 2 aromatic carbocycles. The van der Waals surface area contributed by atoms with Crippen LogP contribution in [0.5, 0.6) is 0 Å². The molecule has 0 unspecified atom stereocenters. The number of nitrogens with one attached hydrogen (secondary N) is 1. The second kappa shape index (κ2) is 5.45. The topological polar surface area (TPSA) is 38.0 Å². The molecule has 0 fully saturated rings. The average molecular weight is 280 g/mol. The lowest BCUT2D eigenvalue weighted by molar-refractivity contribution is -0.138. The van der Waals surface area contributed by atoms with E-state index in [0.29, 0.717) is 5.69 Å². The van der Waals surface area contributed by atoms with Crippen LogP contribution in [-0.4, -0.2) is 0 Å². The summed E-state index contributed by atoms with van der Waals surface area (Å²) in [6.45, 7) is 1.92. The number of hydrogen-bond acceptors (Lipinski definition) is 2. The summed E-state index contributed by atoms with van der Waals surface area (Å²) in [6.07, 6.45) is -4.34. The third-order valence-electron chi connectivity index (χ3n) is 3.17. The maximum Gasteiger partial charge on any atom is 0.416 e. The van der Waals surface area contributed by atoms with Gasteiger partial charge in [0.25, 0.3) is 0 Å². The van der Waals surface area contributed by atoms with Gasteiger partial charge in [-0.05, 0) is 36.2 Å². The lowest BCUT2D eigenvalue weighted by Gasteiger charge is -2.15. The van der Waals surface area contributed by atoms with Crippen LogP contribution in [0.2, 0.25) is 0 Å². The molecule has 0 radical (unpaired) electrons. The van der Waals surface area contributed by atoms with Crippen LogP contribution in [0.15, 0.2) is 42.5 Å². The normalized spacial score (nSPS) is 11.4. The van der Waals surface area contributed by atoms with E-state index in [1.165, 1.54) is 12.1 Å². The van der Waals surface area contributed by atoms with E-state index in [1.54, 1.807) is 24.3 Å². The molecule has 0 aromatic heterocycles. The van der Waals surface area contributed by atoms with Crippen LogP contribution < -0.4 is 11.1 Å². The molecular formula is C15H15F3N2. The van der Waals surface area contributed by atoms with Crippen LogP contribution in [0.25, 0.3) is 0 Å². The van der Waals surface area contributed by atoms with Crippen LogP contribution in [0.3, 0.4) is 0 Å². The van der Waals surface area contributed by atoms with Gasteiger partial charge in [0.15, 0.2) is 0 Å². The Hall–Kier alpha value is -2.17. The molecule has 0 atom stereocenters. The van der Waals surface area contributed by atoms with Crippen molar-refractivity contribution >= 4 is 11.4 Å². The van der Waals surface area contributed by atoms with Gasteiger partial charge in [0, 0.05) is 17.9 Å². The molecule has 0 saturated carbocycles. The summed E-state index contributed by atoms with van der Waals surface area (Å²) in [4.78, 5) is 0. The fourth-order valence-electron chi connectivity index (χ4n) is 1.99. The number of alkyl halides is 3. The SMILES string of the molecule is Cc1c(N)cccc1NCc1ccccc1C(F)(F)F. The fourth-order valence-corrected chi connectivity index (χ4v) is 1.99. The fraction of sp³-hybridized carbons (Fsp3) is 0.200. The highest BCUT2D eigenvalue weighted by molar-refractivity contribution is 5.62. The van der Waals surface area contributed by atoms with Gasteiger partial charge in [0.05, 0.1) is 5.56 Å². The average Bonchev–Trinajstić information content (AvgIpc) is 2.40. The van der Waals surface area contributed by atoms with E-state index in [-0.39, 0.29) is 12.1 Å². The number of benzene rings is 2. The van der Waals surface area contributed by atoms with Gasteiger partial charge < -0.3 is 11.1 Å². The molecule has 0 aliphatic carbocycles. The van der Waals surface area contributed by atoms with Gasteiger partial charge >= 0.3 is 6.18 Å². The first-order valence-electron chi connectivity index (χ1n) is 6.13. The highest BCUT2D eigenvalue weighted by atomic mass is 19.4. The minimum Gasteiger partial charge on any atom is -0.398 e. The summed E-state index contributed by atoms with van der Waals surface area (Å²) in [5, 5.41) is 3.00. The Bertz CT molecular complexity index is 606. The van der Waals surface area contributed by atoms with E-state index in [4.69, 9.17) is 5.73 Å². The largest absolute Gasteiger partial charge is 0.416 e.